The van der Waals surface area contributed by atoms with E-state index < -0.39 is 11.2 Å². The highest BCUT2D eigenvalue weighted by molar-refractivity contribution is 5.74. The van der Waals surface area contributed by atoms with Crippen LogP contribution in [0.3, 0.4) is 0 Å². The molecule has 1 N–H and O–H groups in total. The monoisotopic (exact) mass is 419 g/mol. The molecule has 0 aliphatic heterocycles. The standard InChI is InChI=1S/C23H25N5O3/c1-26(15-17-7-5-4-6-8-17)22-24-20-19(21(29)25-23(30)27(20)2)28(22)14-13-16-9-11-18(31-3)12-10-16/h4-12H,13-15H2,1-3H3,(H,25,29,30). The first-order valence-corrected chi connectivity index (χ1v) is 10.1. The lowest BCUT2D eigenvalue weighted by Crippen LogP contribution is -2.29. The molecule has 4 rings (SSSR count). The molecule has 8 nitrogen and oxygen atoms in total. The Labute approximate surface area is 179 Å². The minimum Gasteiger partial charge on any atom is -0.497 e. The van der Waals surface area contributed by atoms with Crippen LogP contribution in [0.5, 0.6) is 5.75 Å². The zero-order valence-electron chi connectivity index (χ0n) is 17.8. The maximum atomic E-state index is 12.7. The summed E-state index contributed by atoms with van der Waals surface area (Å²) in [7, 11) is 5.19. The summed E-state index contributed by atoms with van der Waals surface area (Å²) < 4.78 is 8.49. The van der Waals surface area contributed by atoms with Gasteiger partial charge in [0.2, 0.25) is 5.95 Å². The number of nitrogens with one attached hydrogen (secondary N) is 1. The van der Waals surface area contributed by atoms with Gasteiger partial charge in [0.25, 0.3) is 5.56 Å². The molecule has 8 heteroatoms. The van der Waals surface area contributed by atoms with E-state index in [4.69, 9.17) is 4.74 Å². The maximum absolute atomic E-state index is 12.7. The molecule has 2 heterocycles. The Kier molecular flexibility index (Phi) is 5.62. The zero-order valence-corrected chi connectivity index (χ0v) is 17.8. The third kappa shape index (κ3) is 4.09. The fourth-order valence-electron chi connectivity index (χ4n) is 3.69. The molecule has 0 saturated heterocycles. The molecule has 0 unspecified atom stereocenters. The first kappa shape index (κ1) is 20.5. The summed E-state index contributed by atoms with van der Waals surface area (Å²) in [5.41, 5.74) is 2.10. The molecule has 0 spiro atoms. The van der Waals surface area contributed by atoms with Crippen LogP contribution in [0.25, 0.3) is 11.2 Å². The fourth-order valence-corrected chi connectivity index (χ4v) is 3.69. The number of benzene rings is 2. The van der Waals surface area contributed by atoms with E-state index in [0.29, 0.717) is 36.6 Å². The number of anilines is 1. The Bertz CT molecular complexity index is 1300. The number of methoxy groups -OCH3 is 1. The summed E-state index contributed by atoms with van der Waals surface area (Å²) in [5, 5.41) is 0. The van der Waals surface area contributed by atoms with Gasteiger partial charge in [0.1, 0.15) is 5.75 Å². The summed E-state index contributed by atoms with van der Waals surface area (Å²) in [4.78, 5) is 33.9. The number of H-pyrrole nitrogens is 1. The van der Waals surface area contributed by atoms with Crippen LogP contribution < -0.4 is 20.9 Å². The predicted octanol–water partition coefficient (Wildman–Crippen LogP) is 2.31. The molecule has 0 amide bonds. The number of imidazole rings is 1. The van der Waals surface area contributed by atoms with Crippen LogP contribution in [0.15, 0.2) is 64.2 Å². The number of nitrogens with zero attached hydrogens (tertiary/aromatic N) is 4. The molecule has 0 fully saturated rings. The Balaban J connectivity index is 1.74. The first-order valence-electron chi connectivity index (χ1n) is 10.1. The van der Waals surface area contributed by atoms with Crippen LogP contribution in [0.4, 0.5) is 5.95 Å². The van der Waals surface area contributed by atoms with Crippen LogP contribution in [-0.4, -0.2) is 33.3 Å². The van der Waals surface area contributed by atoms with Gasteiger partial charge in [-0.3, -0.25) is 14.3 Å². The SMILES string of the molecule is COc1ccc(CCn2c(N(C)Cc3ccccc3)nc3c2c(=O)[nH]c(=O)n3C)cc1. The largest absolute Gasteiger partial charge is 0.497 e. The second-order valence-corrected chi connectivity index (χ2v) is 7.49. The summed E-state index contributed by atoms with van der Waals surface area (Å²) >= 11 is 0. The molecule has 160 valence electrons. The topological polar surface area (TPSA) is 85.2 Å². The number of hydrogen-bond acceptors (Lipinski definition) is 5. The van der Waals surface area contributed by atoms with Gasteiger partial charge in [-0.1, -0.05) is 42.5 Å². The molecule has 2 aromatic heterocycles. The van der Waals surface area contributed by atoms with Gasteiger partial charge in [0, 0.05) is 27.2 Å². The normalized spacial score (nSPS) is 11.1. The van der Waals surface area contributed by atoms with Gasteiger partial charge in [-0.25, -0.2) is 4.79 Å². The lowest BCUT2D eigenvalue weighted by atomic mass is 10.1. The van der Waals surface area contributed by atoms with E-state index in [2.05, 4.69) is 9.97 Å². The number of aryl methyl sites for hydroxylation is 3. The number of rotatable bonds is 7. The lowest BCUT2D eigenvalue weighted by molar-refractivity contribution is 0.414. The number of aromatic nitrogens is 4. The second-order valence-electron chi connectivity index (χ2n) is 7.49. The highest BCUT2D eigenvalue weighted by Gasteiger charge is 2.20. The Morgan fingerprint density at radius 1 is 1.03 bits per heavy atom. The van der Waals surface area contributed by atoms with Crippen LogP contribution in [0.2, 0.25) is 0 Å². The quantitative estimate of drug-likeness (QED) is 0.497. The van der Waals surface area contributed by atoms with E-state index in [-0.39, 0.29) is 0 Å². The number of fused-ring (bicyclic) bond motifs is 1. The van der Waals surface area contributed by atoms with Crippen LogP contribution in [0.1, 0.15) is 11.1 Å². The Hall–Kier alpha value is -3.81. The lowest BCUT2D eigenvalue weighted by Gasteiger charge is -2.20. The smallest absolute Gasteiger partial charge is 0.329 e. The second kappa shape index (κ2) is 8.51. The van der Waals surface area contributed by atoms with E-state index in [1.807, 2.05) is 71.1 Å². The van der Waals surface area contributed by atoms with Crippen LogP contribution >= 0.6 is 0 Å². The summed E-state index contributed by atoms with van der Waals surface area (Å²) in [5.74, 6) is 1.44. The van der Waals surface area contributed by atoms with Gasteiger partial charge in [-0.15, -0.1) is 0 Å². The molecule has 4 aromatic rings. The van der Waals surface area contributed by atoms with Crippen LogP contribution in [-0.2, 0) is 26.6 Å². The van der Waals surface area contributed by atoms with Crippen molar-refractivity contribution in [3.8, 4) is 5.75 Å². The van der Waals surface area contributed by atoms with Gasteiger partial charge in [-0.2, -0.15) is 4.98 Å². The summed E-state index contributed by atoms with van der Waals surface area (Å²) in [6, 6.07) is 17.9. The van der Waals surface area contributed by atoms with E-state index in [1.54, 1.807) is 14.2 Å². The predicted molar refractivity (Wildman–Crippen MR) is 121 cm³/mol. The molecule has 0 atom stereocenters. The maximum Gasteiger partial charge on any atom is 0.329 e. The minimum absolute atomic E-state index is 0.374. The van der Waals surface area contributed by atoms with Crippen LogP contribution in [0, 0.1) is 0 Å². The number of ether oxygens (including phenoxy) is 1. The first-order chi connectivity index (χ1) is 15.0. The van der Waals surface area contributed by atoms with Gasteiger partial charge in [-0.05, 0) is 29.7 Å². The summed E-state index contributed by atoms with van der Waals surface area (Å²) in [6.45, 7) is 1.16. The highest BCUT2D eigenvalue weighted by atomic mass is 16.5. The third-order valence-corrected chi connectivity index (χ3v) is 5.37. The van der Waals surface area contributed by atoms with Crippen molar-refractivity contribution < 1.29 is 4.74 Å². The van der Waals surface area contributed by atoms with E-state index >= 15 is 0 Å². The number of aromatic amines is 1. The van der Waals surface area contributed by atoms with Crippen molar-refractivity contribution in [2.24, 2.45) is 7.05 Å². The van der Waals surface area contributed by atoms with Crippen molar-refractivity contribution in [3.63, 3.8) is 0 Å². The number of hydrogen-bond donors (Lipinski definition) is 1. The van der Waals surface area contributed by atoms with E-state index in [0.717, 1.165) is 16.9 Å². The van der Waals surface area contributed by atoms with Crippen molar-refractivity contribution in [2.75, 3.05) is 19.1 Å². The van der Waals surface area contributed by atoms with Gasteiger partial charge in [0.15, 0.2) is 11.2 Å². The van der Waals surface area contributed by atoms with Gasteiger partial charge < -0.3 is 14.2 Å². The van der Waals surface area contributed by atoms with E-state index in [1.165, 1.54) is 4.57 Å². The minimum atomic E-state index is -0.477. The fraction of sp³-hybridized carbons (Fsp3) is 0.261. The Morgan fingerprint density at radius 3 is 2.42 bits per heavy atom. The Morgan fingerprint density at radius 2 is 1.74 bits per heavy atom. The van der Waals surface area contributed by atoms with Gasteiger partial charge in [0.05, 0.1) is 7.11 Å². The molecule has 0 aliphatic rings. The summed E-state index contributed by atoms with van der Waals surface area (Å²) in [6.07, 6.45) is 0.698. The molecule has 0 bridgehead atoms. The van der Waals surface area contributed by atoms with Crippen molar-refractivity contribution in [1.82, 2.24) is 19.1 Å². The molecular weight excluding hydrogens is 394 g/mol. The molecule has 2 aromatic carbocycles. The van der Waals surface area contributed by atoms with Crippen molar-refractivity contribution in [3.05, 3.63) is 86.6 Å². The van der Waals surface area contributed by atoms with Crippen molar-refractivity contribution >= 4 is 17.1 Å². The average Bonchev–Trinajstić information content (AvgIpc) is 3.17. The van der Waals surface area contributed by atoms with Crippen molar-refractivity contribution in [2.45, 2.75) is 19.5 Å². The molecule has 0 saturated carbocycles. The molecular formula is C23H25N5O3. The van der Waals surface area contributed by atoms with Gasteiger partial charge >= 0.3 is 5.69 Å². The molecule has 0 radical (unpaired) electrons. The zero-order chi connectivity index (χ0) is 22.0. The molecule has 0 aliphatic carbocycles. The average molecular weight is 419 g/mol. The molecule has 31 heavy (non-hydrogen) atoms. The van der Waals surface area contributed by atoms with E-state index in [9.17, 15) is 9.59 Å². The third-order valence-electron chi connectivity index (χ3n) is 5.37. The van der Waals surface area contributed by atoms with Crippen molar-refractivity contribution in [1.29, 1.82) is 0 Å². The highest BCUT2D eigenvalue weighted by Crippen LogP contribution is 2.21.